The maximum Gasteiger partial charge on any atom is 0.286 e. The van der Waals surface area contributed by atoms with Gasteiger partial charge in [-0.1, -0.05) is 60.3 Å². The summed E-state index contributed by atoms with van der Waals surface area (Å²) >= 11 is 6.35. The fourth-order valence-corrected chi connectivity index (χ4v) is 4.95. The number of pyridine rings is 1. The summed E-state index contributed by atoms with van der Waals surface area (Å²) in [6.45, 7) is 0.373. The van der Waals surface area contributed by atoms with Crippen molar-refractivity contribution in [2.45, 2.75) is 6.54 Å². The molecule has 0 spiro atoms. The first-order valence-corrected chi connectivity index (χ1v) is 11.2. The topological polar surface area (TPSA) is 82.6 Å². The largest absolute Gasteiger partial charge is 0.303 e. The van der Waals surface area contributed by atoms with Crippen molar-refractivity contribution < 1.29 is 14.4 Å². The molecule has 7 nitrogen and oxygen atoms in total. The molecule has 0 saturated carbocycles. The molecule has 5 rings (SSSR count). The van der Waals surface area contributed by atoms with Crippen LogP contribution in [0.3, 0.4) is 0 Å². The van der Waals surface area contributed by atoms with Crippen molar-refractivity contribution in [3.8, 4) is 0 Å². The van der Waals surface area contributed by atoms with E-state index in [-0.39, 0.29) is 26.3 Å². The molecular formula is C24H16N4O3S2. The highest BCUT2D eigenvalue weighted by Gasteiger charge is 2.42. The fourth-order valence-electron chi connectivity index (χ4n) is 3.70. The van der Waals surface area contributed by atoms with Crippen LogP contribution in [0.1, 0.15) is 21.5 Å². The number of rotatable bonds is 4. The third kappa shape index (κ3) is 3.81. The lowest BCUT2D eigenvalue weighted by Gasteiger charge is -2.17. The Kier molecular flexibility index (Phi) is 5.49. The van der Waals surface area contributed by atoms with E-state index in [9.17, 15) is 14.4 Å². The van der Waals surface area contributed by atoms with E-state index in [2.05, 4.69) is 10.4 Å². The maximum absolute atomic E-state index is 13.5. The Morgan fingerprint density at radius 1 is 0.970 bits per heavy atom. The number of thioether (sulfide) groups is 1. The smallest absolute Gasteiger partial charge is 0.286 e. The van der Waals surface area contributed by atoms with Crippen molar-refractivity contribution in [1.29, 1.82) is 0 Å². The molecule has 0 aliphatic carbocycles. The molecule has 1 N–H and O–H groups in total. The van der Waals surface area contributed by atoms with Crippen LogP contribution < -0.4 is 10.3 Å². The van der Waals surface area contributed by atoms with E-state index in [1.807, 2.05) is 54.6 Å². The van der Waals surface area contributed by atoms with Crippen LogP contribution in [-0.2, 0) is 16.1 Å². The van der Waals surface area contributed by atoms with Gasteiger partial charge in [-0.15, -0.1) is 0 Å². The highest BCUT2D eigenvalue weighted by Crippen LogP contribution is 2.44. The summed E-state index contributed by atoms with van der Waals surface area (Å²) in [6, 6.07) is 20.2. The Balaban J connectivity index is 1.48. The Hall–Kier alpha value is -3.82. The monoisotopic (exact) mass is 472 g/mol. The second-order valence-corrected chi connectivity index (χ2v) is 8.93. The SMILES string of the molecule is O=C(NN1C(=O)C(=C2C(=O)N(Cc3ccccc3)c3ccccc32)SC1=S)c1cccnc1. The zero-order chi connectivity index (χ0) is 22.9. The van der Waals surface area contributed by atoms with E-state index < -0.39 is 11.8 Å². The maximum atomic E-state index is 13.5. The summed E-state index contributed by atoms with van der Waals surface area (Å²) in [5, 5.41) is 1.01. The molecule has 2 aliphatic rings. The Morgan fingerprint density at radius 2 is 1.73 bits per heavy atom. The number of benzene rings is 2. The molecule has 3 aromatic rings. The highest BCUT2D eigenvalue weighted by atomic mass is 32.2. The predicted octanol–water partition coefficient (Wildman–Crippen LogP) is 3.54. The zero-order valence-corrected chi connectivity index (χ0v) is 18.7. The van der Waals surface area contributed by atoms with Crippen LogP contribution in [0.2, 0.25) is 0 Å². The van der Waals surface area contributed by atoms with Crippen LogP contribution >= 0.6 is 24.0 Å². The minimum absolute atomic E-state index is 0.145. The minimum atomic E-state index is -0.540. The van der Waals surface area contributed by atoms with Crippen LogP contribution in [0.5, 0.6) is 0 Å². The molecule has 0 unspecified atom stereocenters. The number of thiocarbonyl (C=S) groups is 1. The van der Waals surface area contributed by atoms with Gasteiger partial charge in [0.2, 0.25) is 0 Å². The lowest BCUT2D eigenvalue weighted by molar-refractivity contribution is -0.124. The van der Waals surface area contributed by atoms with Crippen molar-refractivity contribution in [2.75, 3.05) is 4.90 Å². The van der Waals surface area contributed by atoms with Crippen molar-refractivity contribution in [2.24, 2.45) is 0 Å². The number of fused-ring (bicyclic) bond motifs is 1. The first kappa shape index (κ1) is 21.0. The van der Waals surface area contributed by atoms with Crippen molar-refractivity contribution in [3.63, 3.8) is 0 Å². The van der Waals surface area contributed by atoms with E-state index >= 15 is 0 Å². The second-order valence-electron chi connectivity index (χ2n) is 7.29. The van der Waals surface area contributed by atoms with Gasteiger partial charge in [0.1, 0.15) is 0 Å². The van der Waals surface area contributed by atoms with Gasteiger partial charge in [-0.05, 0) is 36.0 Å². The molecule has 1 saturated heterocycles. The number of amides is 3. The fraction of sp³-hybridized carbons (Fsp3) is 0.0417. The van der Waals surface area contributed by atoms with Gasteiger partial charge < -0.3 is 4.90 Å². The van der Waals surface area contributed by atoms with Gasteiger partial charge in [-0.2, -0.15) is 5.01 Å². The summed E-state index contributed by atoms with van der Waals surface area (Å²) in [7, 11) is 0. The molecule has 9 heteroatoms. The predicted molar refractivity (Wildman–Crippen MR) is 130 cm³/mol. The molecule has 3 amide bonds. The van der Waals surface area contributed by atoms with Gasteiger partial charge >= 0.3 is 0 Å². The number of hydrogen-bond donors (Lipinski definition) is 1. The van der Waals surface area contributed by atoms with Crippen LogP contribution in [0.4, 0.5) is 5.69 Å². The molecule has 1 fully saturated rings. The van der Waals surface area contributed by atoms with Crippen LogP contribution in [0.25, 0.3) is 5.57 Å². The third-order valence-corrected chi connectivity index (χ3v) is 6.61. The van der Waals surface area contributed by atoms with E-state index in [1.165, 1.54) is 6.20 Å². The lowest BCUT2D eigenvalue weighted by atomic mass is 10.1. The number of para-hydroxylation sites is 1. The van der Waals surface area contributed by atoms with Crippen LogP contribution in [0, 0.1) is 0 Å². The number of hydrogen-bond acceptors (Lipinski definition) is 6. The van der Waals surface area contributed by atoms with Crippen molar-refractivity contribution in [1.82, 2.24) is 15.4 Å². The number of hydrazine groups is 1. The van der Waals surface area contributed by atoms with Gasteiger partial charge in [0, 0.05) is 18.0 Å². The van der Waals surface area contributed by atoms with Gasteiger partial charge in [-0.25, -0.2) is 0 Å². The molecule has 3 heterocycles. The molecule has 0 atom stereocenters. The Bertz CT molecular complexity index is 1330. The summed E-state index contributed by atoms with van der Waals surface area (Å²) < 4.78 is 0.145. The quantitative estimate of drug-likeness (QED) is 0.462. The lowest BCUT2D eigenvalue weighted by Crippen LogP contribution is -2.45. The van der Waals surface area contributed by atoms with Crippen molar-refractivity contribution >= 4 is 57.3 Å². The van der Waals surface area contributed by atoms with Crippen LogP contribution in [-0.4, -0.2) is 32.0 Å². The third-order valence-electron chi connectivity index (χ3n) is 5.24. The number of anilines is 1. The van der Waals surface area contributed by atoms with E-state index in [0.29, 0.717) is 12.1 Å². The van der Waals surface area contributed by atoms with Crippen molar-refractivity contribution in [3.05, 3.63) is 101 Å². The van der Waals surface area contributed by atoms with Gasteiger partial charge in [0.15, 0.2) is 4.32 Å². The van der Waals surface area contributed by atoms with Crippen LogP contribution in [0.15, 0.2) is 84.0 Å². The molecule has 33 heavy (non-hydrogen) atoms. The van der Waals surface area contributed by atoms with Gasteiger partial charge in [0.25, 0.3) is 17.7 Å². The van der Waals surface area contributed by atoms with E-state index in [0.717, 1.165) is 28.0 Å². The number of nitrogens with one attached hydrogen (secondary N) is 1. The normalized spacial score (nSPS) is 17.5. The molecule has 162 valence electrons. The number of carbonyl (C=O) groups is 3. The summed E-state index contributed by atoms with van der Waals surface area (Å²) in [4.78, 5) is 45.0. The van der Waals surface area contributed by atoms with E-state index in [4.69, 9.17) is 12.2 Å². The summed E-state index contributed by atoms with van der Waals surface area (Å²) in [5.74, 6) is -1.34. The van der Waals surface area contributed by atoms with Gasteiger partial charge in [-0.3, -0.25) is 24.8 Å². The first-order valence-electron chi connectivity index (χ1n) is 10.0. The highest BCUT2D eigenvalue weighted by molar-refractivity contribution is 8.26. The number of aromatic nitrogens is 1. The number of carbonyl (C=O) groups excluding carboxylic acids is 3. The summed E-state index contributed by atoms with van der Waals surface area (Å²) in [6.07, 6.45) is 2.94. The zero-order valence-electron chi connectivity index (χ0n) is 17.1. The van der Waals surface area contributed by atoms with Gasteiger partial charge in [0.05, 0.1) is 28.3 Å². The average molecular weight is 473 g/mol. The second kappa shape index (κ2) is 8.61. The average Bonchev–Trinajstić information content (AvgIpc) is 3.27. The Labute approximate surface area is 199 Å². The van der Waals surface area contributed by atoms with E-state index in [1.54, 1.807) is 23.2 Å². The molecule has 0 radical (unpaired) electrons. The molecule has 0 bridgehead atoms. The standard InChI is InChI=1S/C24H16N4O3S2/c29-21(16-9-6-12-25-13-16)26-28-23(31)20(33-24(28)32)19-17-10-4-5-11-18(17)27(22(19)30)14-15-7-2-1-3-8-15/h1-13H,14H2,(H,26,29). The molecule has 2 aromatic carbocycles. The molecule has 1 aromatic heterocycles. The first-order chi connectivity index (χ1) is 16.0. The number of nitrogens with zero attached hydrogens (tertiary/aromatic N) is 3. The Morgan fingerprint density at radius 3 is 2.48 bits per heavy atom. The molecule has 2 aliphatic heterocycles. The minimum Gasteiger partial charge on any atom is -0.303 e. The summed E-state index contributed by atoms with van der Waals surface area (Å²) in [5.41, 5.74) is 5.46. The molecular weight excluding hydrogens is 456 g/mol.